The van der Waals surface area contributed by atoms with Crippen LogP contribution in [0, 0.1) is 5.82 Å². The van der Waals surface area contributed by atoms with Crippen molar-refractivity contribution < 1.29 is 23.5 Å². The Balaban J connectivity index is 1.93. The number of nitrogens with zero attached hydrogens (tertiary/aromatic N) is 1. The van der Waals surface area contributed by atoms with Gasteiger partial charge in [-0.3, -0.25) is 14.5 Å². The van der Waals surface area contributed by atoms with Crippen LogP contribution >= 0.6 is 11.6 Å². The van der Waals surface area contributed by atoms with Crippen LogP contribution in [-0.4, -0.2) is 16.8 Å². The van der Waals surface area contributed by atoms with Gasteiger partial charge < -0.3 is 9.52 Å². The fraction of sp³-hybridized carbons (Fsp3) is 0.0476. The highest BCUT2D eigenvalue weighted by molar-refractivity contribution is 6.51. The molecule has 1 amide bonds. The minimum atomic E-state index is -1.02. The minimum Gasteiger partial charge on any atom is -0.507 e. The highest BCUT2D eigenvalue weighted by Crippen LogP contribution is 2.42. The topological polar surface area (TPSA) is 70.8 Å². The molecule has 3 aromatic rings. The summed E-state index contributed by atoms with van der Waals surface area (Å²) in [6, 6.07) is 14.3. The molecule has 1 aliphatic rings. The number of carbonyl (C=O) groups excluding carboxylic acids is 2. The van der Waals surface area contributed by atoms with E-state index in [9.17, 15) is 19.1 Å². The number of amides is 1. The van der Waals surface area contributed by atoms with E-state index >= 15 is 0 Å². The van der Waals surface area contributed by atoms with E-state index in [0.29, 0.717) is 5.56 Å². The van der Waals surface area contributed by atoms with Crippen LogP contribution in [0.3, 0.4) is 0 Å². The first-order valence-corrected chi connectivity index (χ1v) is 8.71. The molecule has 1 unspecified atom stereocenters. The van der Waals surface area contributed by atoms with Crippen LogP contribution in [0.25, 0.3) is 5.76 Å². The number of benzene rings is 2. The number of anilines is 1. The van der Waals surface area contributed by atoms with Crippen molar-refractivity contribution in [3.05, 3.63) is 94.7 Å². The van der Waals surface area contributed by atoms with E-state index in [2.05, 4.69) is 0 Å². The van der Waals surface area contributed by atoms with Gasteiger partial charge in [0.05, 0.1) is 16.9 Å². The lowest BCUT2D eigenvalue weighted by atomic mass is 9.99. The van der Waals surface area contributed by atoms with Gasteiger partial charge in [0.25, 0.3) is 11.7 Å². The standard InChI is InChI=1S/C21H13ClFNO4/c22-14-11-13(8-9-15(14)23)24-18(16-7-4-10-28-16)17(20(26)21(24)27)19(25)12-5-2-1-3-6-12/h1-11,18,25H/b19-17-. The summed E-state index contributed by atoms with van der Waals surface area (Å²) in [5.74, 6) is -2.45. The van der Waals surface area contributed by atoms with Crippen LogP contribution in [0.4, 0.5) is 10.1 Å². The summed E-state index contributed by atoms with van der Waals surface area (Å²) in [5.41, 5.74) is 0.475. The van der Waals surface area contributed by atoms with Crippen LogP contribution in [0.2, 0.25) is 5.02 Å². The molecule has 0 aliphatic carbocycles. The Bertz CT molecular complexity index is 1090. The molecule has 4 rings (SSSR count). The van der Waals surface area contributed by atoms with Crippen LogP contribution in [0.1, 0.15) is 17.4 Å². The summed E-state index contributed by atoms with van der Waals surface area (Å²) >= 11 is 5.86. The molecule has 5 nitrogen and oxygen atoms in total. The average Bonchev–Trinajstić information content (AvgIpc) is 3.32. The Morgan fingerprint density at radius 3 is 2.46 bits per heavy atom. The molecule has 0 radical (unpaired) electrons. The van der Waals surface area contributed by atoms with Crippen molar-refractivity contribution in [2.24, 2.45) is 0 Å². The summed E-state index contributed by atoms with van der Waals surface area (Å²) in [6.45, 7) is 0. The molecule has 1 saturated heterocycles. The molecule has 2 aromatic carbocycles. The smallest absolute Gasteiger partial charge is 0.300 e. The highest BCUT2D eigenvalue weighted by Gasteiger charge is 2.48. The molecule has 140 valence electrons. The molecule has 1 atom stereocenters. The predicted octanol–water partition coefficient (Wildman–Crippen LogP) is 4.70. The molecule has 28 heavy (non-hydrogen) atoms. The van der Waals surface area contributed by atoms with Crippen LogP contribution in [0.15, 0.2) is 76.9 Å². The first-order valence-electron chi connectivity index (χ1n) is 8.34. The van der Waals surface area contributed by atoms with Crippen LogP contribution in [0.5, 0.6) is 0 Å². The SMILES string of the molecule is O=C1C(=O)N(c2ccc(F)c(Cl)c2)C(c2ccco2)/C1=C(/O)c1ccccc1. The molecule has 0 spiro atoms. The number of hydrogen-bond acceptors (Lipinski definition) is 4. The largest absolute Gasteiger partial charge is 0.507 e. The monoisotopic (exact) mass is 397 g/mol. The molecule has 2 heterocycles. The Morgan fingerprint density at radius 1 is 1.07 bits per heavy atom. The average molecular weight is 398 g/mol. The van der Waals surface area contributed by atoms with Crippen molar-refractivity contribution in [1.82, 2.24) is 0 Å². The minimum absolute atomic E-state index is 0.119. The lowest BCUT2D eigenvalue weighted by molar-refractivity contribution is -0.132. The van der Waals surface area contributed by atoms with Gasteiger partial charge in [-0.05, 0) is 30.3 Å². The van der Waals surface area contributed by atoms with Crippen molar-refractivity contribution in [3.63, 3.8) is 0 Å². The molecule has 1 aliphatic heterocycles. The number of aliphatic hydroxyl groups excluding tert-OH is 1. The van der Waals surface area contributed by atoms with Gasteiger partial charge in [0, 0.05) is 11.3 Å². The van der Waals surface area contributed by atoms with Gasteiger partial charge in [0.1, 0.15) is 23.4 Å². The maximum Gasteiger partial charge on any atom is 0.300 e. The summed E-state index contributed by atoms with van der Waals surface area (Å²) < 4.78 is 19.0. The van der Waals surface area contributed by atoms with Gasteiger partial charge in [0.15, 0.2) is 0 Å². The van der Waals surface area contributed by atoms with E-state index < -0.39 is 23.5 Å². The van der Waals surface area contributed by atoms with E-state index in [-0.39, 0.29) is 27.8 Å². The summed E-state index contributed by atoms with van der Waals surface area (Å²) in [6.07, 6.45) is 1.40. The number of rotatable bonds is 3. The molecule has 0 saturated carbocycles. The molecular weight excluding hydrogens is 385 g/mol. The zero-order valence-electron chi connectivity index (χ0n) is 14.3. The normalized spacial score (nSPS) is 18.6. The number of furan rings is 1. The maximum absolute atomic E-state index is 13.6. The molecule has 1 N–H and O–H groups in total. The van der Waals surface area contributed by atoms with Crippen molar-refractivity contribution in [2.45, 2.75) is 6.04 Å². The number of hydrogen-bond donors (Lipinski definition) is 1. The molecule has 1 aromatic heterocycles. The fourth-order valence-electron chi connectivity index (χ4n) is 3.20. The molecule has 1 fully saturated rings. The Labute approximate surface area is 164 Å². The first kappa shape index (κ1) is 18.0. The number of aliphatic hydroxyl groups is 1. The van der Waals surface area contributed by atoms with E-state index in [4.69, 9.17) is 16.0 Å². The number of carbonyl (C=O) groups is 2. The summed E-state index contributed by atoms with van der Waals surface area (Å²) in [7, 11) is 0. The number of halogens is 2. The van der Waals surface area contributed by atoms with Gasteiger partial charge in [-0.15, -0.1) is 0 Å². The first-order chi connectivity index (χ1) is 13.5. The zero-order valence-corrected chi connectivity index (χ0v) is 15.1. The lowest BCUT2D eigenvalue weighted by Crippen LogP contribution is -2.29. The van der Waals surface area contributed by atoms with Crippen molar-refractivity contribution >= 4 is 34.7 Å². The maximum atomic E-state index is 13.6. The van der Waals surface area contributed by atoms with Crippen molar-refractivity contribution in [3.8, 4) is 0 Å². The van der Waals surface area contributed by atoms with Gasteiger partial charge in [-0.25, -0.2) is 4.39 Å². The van der Waals surface area contributed by atoms with E-state index in [1.807, 2.05) is 0 Å². The molecule has 0 bridgehead atoms. The van der Waals surface area contributed by atoms with Gasteiger partial charge in [-0.1, -0.05) is 41.9 Å². The van der Waals surface area contributed by atoms with Crippen molar-refractivity contribution in [1.29, 1.82) is 0 Å². The highest BCUT2D eigenvalue weighted by atomic mass is 35.5. The number of Topliss-reactive ketones (excluding diaryl/α,β-unsaturated/α-hetero) is 1. The second-order valence-electron chi connectivity index (χ2n) is 6.15. The molecule has 7 heteroatoms. The van der Waals surface area contributed by atoms with E-state index in [1.165, 1.54) is 18.4 Å². The van der Waals surface area contributed by atoms with E-state index in [0.717, 1.165) is 11.0 Å². The Hall–Kier alpha value is -3.38. The van der Waals surface area contributed by atoms with Crippen LogP contribution < -0.4 is 4.90 Å². The van der Waals surface area contributed by atoms with E-state index in [1.54, 1.807) is 42.5 Å². The second-order valence-corrected chi connectivity index (χ2v) is 6.56. The quantitative estimate of drug-likeness (QED) is 0.395. The second kappa shape index (κ2) is 6.98. The van der Waals surface area contributed by atoms with Crippen LogP contribution in [-0.2, 0) is 9.59 Å². The summed E-state index contributed by atoms with van der Waals surface area (Å²) in [4.78, 5) is 26.7. The Morgan fingerprint density at radius 2 is 1.82 bits per heavy atom. The fourth-order valence-corrected chi connectivity index (χ4v) is 3.38. The summed E-state index contributed by atoms with van der Waals surface area (Å²) in [5, 5.41) is 10.6. The van der Waals surface area contributed by atoms with Crippen molar-refractivity contribution in [2.75, 3.05) is 4.90 Å². The third-order valence-electron chi connectivity index (χ3n) is 4.49. The lowest BCUT2D eigenvalue weighted by Gasteiger charge is -2.23. The number of ketones is 1. The van der Waals surface area contributed by atoms with Gasteiger partial charge in [0.2, 0.25) is 0 Å². The Kier molecular flexibility index (Phi) is 4.49. The third kappa shape index (κ3) is 2.88. The zero-order chi connectivity index (χ0) is 19.8. The molecular formula is C21H13ClFNO4. The predicted molar refractivity (Wildman–Crippen MR) is 101 cm³/mol. The van der Waals surface area contributed by atoms with Gasteiger partial charge in [-0.2, -0.15) is 0 Å². The van der Waals surface area contributed by atoms with Gasteiger partial charge >= 0.3 is 0 Å². The third-order valence-corrected chi connectivity index (χ3v) is 4.78.